The number of methoxy groups -OCH3 is 1. The van der Waals surface area contributed by atoms with Gasteiger partial charge in [-0.05, 0) is 37.5 Å². The fourth-order valence-electron chi connectivity index (χ4n) is 4.27. The van der Waals surface area contributed by atoms with Crippen LogP contribution in [0.15, 0.2) is 60.8 Å². The van der Waals surface area contributed by atoms with Gasteiger partial charge >= 0.3 is 0 Å². The van der Waals surface area contributed by atoms with Crippen molar-refractivity contribution in [2.24, 2.45) is 0 Å². The number of carbonyl (C=O) groups excluding carboxylic acids is 1. The highest BCUT2D eigenvalue weighted by Crippen LogP contribution is 2.22. The van der Waals surface area contributed by atoms with Crippen molar-refractivity contribution in [3.63, 3.8) is 0 Å². The third kappa shape index (κ3) is 4.80. The zero-order chi connectivity index (χ0) is 21.6. The monoisotopic (exact) mass is 418 g/mol. The number of rotatable bonds is 7. The predicted octanol–water partition coefficient (Wildman–Crippen LogP) is 3.84. The Morgan fingerprint density at radius 2 is 1.81 bits per heavy atom. The Bertz CT molecular complexity index is 1010. The fraction of sp³-hybridized carbons (Fsp3) is 0.360. The van der Waals surface area contributed by atoms with Gasteiger partial charge in [-0.15, -0.1) is 0 Å². The van der Waals surface area contributed by atoms with Crippen LogP contribution in [0.25, 0.3) is 5.69 Å². The van der Waals surface area contributed by atoms with Crippen molar-refractivity contribution < 1.29 is 9.53 Å². The highest BCUT2D eigenvalue weighted by atomic mass is 16.5. The molecule has 1 saturated heterocycles. The number of aromatic nitrogens is 2. The molecule has 162 valence electrons. The minimum Gasteiger partial charge on any atom is -0.496 e. The topological polar surface area (TPSA) is 59.4 Å². The van der Waals surface area contributed by atoms with Gasteiger partial charge < -0.3 is 10.1 Å². The van der Waals surface area contributed by atoms with Crippen molar-refractivity contribution >= 4 is 5.91 Å². The van der Waals surface area contributed by atoms with E-state index in [1.807, 2.05) is 53.2 Å². The zero-order valence-corrected chi connectivity index (χ0v) is 18.3. The van der Waals surface area contributed by atoms with Crippen LogP contribution in [0.1, 0.15) is 41.4 Å². The van der Waals surface area contributed by atoms with Crippen LogP contribution < -0.4 is 10.1 Å². The zero-order valence-electron chi connectivity index (χ0n) is 18.3. The normalized spacial score (nSPS) is 15.0. The summed E-state index contributed by atoms with van der Waals surface area (Å²) in [6, 6.07) is 18.3. The average molecular weight is 419 g/mol. The van der Waals surface area contributed by atoms with E-state index < -0.39 is 0 Å². The van der Waals surface area contributed by atoms with Gasteiger partial charge in [0, 0.05) is 31.2 Å². The smallest absolute Gasteiger partial charge is 0.254 e. The number of amides is 1. The van der Waals surface area contributed by atoms with Crippen LogP contribution in [0.5, 0.6) is 5.75 Å². The lowest BCUT2D eigenvalue weighted by atomic mass is 10.0. The van der Waals surface area contributed by atoms with Gasteiger partial charge in [-0.1, -0.05) is 43.3 Å². The Morgan fingerprint density at radius 1 is 1.10 bits per heavy atom. The molecular formula is C25H30N4O2. The number of piperidine rings is 1. The SMILES string of the molecule is CCc1c(C(=O)NC2CCN(Cc3ccccc3OC)CC2)cnn1-c1ccccc1. The number of nitrogens with one attached hydrogen (secondary N) is 1. The molecule has 6 heteroatoms. The van der Waals surface area contributed by atoms with Crippen molar-refractivity contribution in [2.45, 2.75) is 38.8 Å². The molecule has 1 aromatic heterocycles. The number of ether oxygens (including phenoxy) is 1. The molecule has 1 fully saturated rings. The van der Waals surface area contributed by atoms with E-state index in [2.05, 4.69) is 28.3 Å². The van der Waals surface area contributed by atoms with Gasteiger partial charge in [0.2, 0.25) is 0 Å². The third-order valence-electron chi connectivity index (χ3n) is 5.96. The summed E-state index contributed by atoms with van der Waals surface area (Å²) in [5, 5.41) is 7.72. The Balaban J connectivity index is 1.36. The van der Waals surface area contributed by atoms with E-state index >= 15 is 0 Å². The summed E-state index contributed by atoms with van der Waals surface area (Å²) in [7, 11) is 1.71. The maximum absolute atomic E-state index is 13.0. The molecule has 2 heterocycles. The van der Waals surface area contributed by atoms with Gasteiger partial charge in [-0.2, -0.15) is 5.10 Å². The molecule has 0 unspecified atom stereocenters. The second-order valence-corrected chi connectivity index (χ2v) is 7.94. The van der Waals surface area contributed by atoms with E-state index in [-0.39, 0.29) is 11.9 Å². The predicted molar refractivity (Wildman–Crippen MR) is 122 cm³/mol. The summed E-state index contributed by atoms with van der Waals surface area (Å²) in [6.07, 6.45) is 4.32. The molecule has 3 aromatic rings. The Kier molecular flexibility index (Phi) is 6.67. The standard InChI is InChI=1S/C25H30N4O2/c1-3-23-22(17-26-29(23)21-10-5-4-6-11-21)25(30)27-20-13-15-28(16-14-20)18-19-9-7-8-12-24(19)31-2/h4-12,17,20H,3,13-16,18H2,1-2H3,(H,27,30). The van der Waals surface area contributed by atoms with Crippen LogP contribution in [-0.2, 0) is 13.0 Å². The molecule has 31 heavy (non-hydrogen) atoms. The molecule has 1 N–H and O–H groups in total. The van der Waals surface area contributed by atoms with E-state index in [1.54, 1.807) is 13.3 Å². The quantitative estimate of drug-likeness (QED) is 0.633. The van der Waals surface area contributed by atoms with E-state index in [0.717, 1.165) is 56.0 Å². The third-order valence-corrected chi connectivity index (χ3v) is 5.96. The van der Waals surface area contributed by atoms with Crippen molar-refractivity contribution in [3.8, 4) is 11.4 Å². The summed E-state index contributed by atoms with van der Waals surface area (Å²) in [5.41, 5.74) is 3.79. The first-order chi connectivity index (χ1) is 15.2. The number of hydrogen-bond acceptors (Lipinski definition) is 4. The maximum atomic E-state index is 13.0. The van der Waals surface area contributed by atoms with Crippen molar-refractivity contribution in [3.05, 3.63) is 77.6 Å². The lowest BCUT2D eigenvalue weighted by Crippen LogP contribution is -2.44. The molecular weight excluding hydrogens is 388 g/mol. The molecule has 1 aliphatic heterocycles. The van der Waals surface area contributed by atoms with E-state index in [9.17, 15) is 4.79 Å². The van der Waals surface area contributed by atoms with Crippen LogP contribution in [0.2, 0.25) is 0 Å². The molecule has 0 atom stereocenters. The van der Waals surface area contributed by atoms with E-state index in [0.29, 0.717) is 5.56 Å². The number of para-hydroxylation sites is 2. The minimum atomic E-state index is -0.0257. The number of benzene rings is 2. The molecule has 1 amide bonds. The number of likely N-dealkylation sites (tertiary alicyclic amines) is 1. The Hall–Kier alpha value is -3.12. The summed E-state index contributed by atoms with van der Waals surface area (Å²) in [6.45, 7) is 4.83. The van der Waals surface area contributed by atoms with Crippen LogP contribution in [0.4, 0.5) is 0 Å². The van der Waals surface area contributed by atoms with Gasteiger partial charge in [0.1, 0.15) is 5.75 Å². The number of carbonyl (C=O) groups is 1. The minimum absolute atomic E-state index is 0.0257. The Labute approximate surface area is 183 Å². The molecule has 0 saturated carbocycles. The molecule has 2 aromatic carbocycles. The summed E-state index contributed by atoms with van der Waals surface area (Å²) >= 11 is 0. The second kappa shape index (κ2) is 9.79. The molecule has 0 bridgehead atoms. The first-order valence-corrected chi connectivity index (χ1v) is 11.0. The van der Waals surface area contributed by atoms with Gasteiger partial charge in [-0.3, -0.25) is 9.69 Å². The van der Waals surface area contributed by atoms with Crippen LogP contribution in [0, 0.1) is 0 Å². The number of nitrogens with zero attached hydrogens (tertiary/aromatic N) is 3. The molecule has 0 spiro atoms. The van der Waals surface area contributed by atoms with Crippen LogP contribution in [-0.4, -0.2) is 46.8 Å². The van der Waals surface area contributed by atoms with E-state index in [1.165, 1.54) is 5.56 Å². The number of hydrogen-bond donors (Lipinski definition) is 1. The molecule has 1 aliphatic rings. The fourth-order valence-corrected chi connectivity index (χ4v) is 4.27. The lowest BCUT2D eigenvalue weighted by Gasteiger charge is -2.32. The highest BCUT2D eigenvalue weighted by Gasteiger charge is 2.24. The lowest BCUT2D eigenvalue weighted by molar-refractivity contribution is 0.0908. The largest absolute Gasteiger partial charge is 0.496 e. The summed E-state index contributed by atoms with van der Waals surface area (Å²) in [5.74, 6) is 0.905. The first kappa shape index (κ1) is 21.1. The average Bonchev–Trinajstić information content (AvgIpc) is 3.25. The summed E-state index contributed by atoms with van der Waals surface area (Å²) < 4.78 is 7.34. The summed E-state index contributed by atoms with van der Waals surface area (Å²) in [4.78, 5) is 15.4. The van der Waals surface area contributed by atoms with Gasteiger partial charge in [0.25, 0.3) is 5.91 Å². The maximum Gasteiger partial charge on any atom is 0.254 e. The first-order valence-electron chi connectivity index (χ1n) is 11.0. The highest BCUT2D eigenvalue weighted by molar-refractivity contribution is 5.95. The van der Waals surface area contributed by atoms with E-state index in [4.69, 9.17) is 4.74 Å². The van der Waals surface area contributed by atoms with Crippen LogP contribution >= 0.6 is 0 Å². The molecule has 6 nitrogen and oxygen atoms in total. The second-order valence-electron chi connectivity index (χ2n) is 7.94. The van der Waals surface area contributed by atoms with Gasteiger partial charge in [0.05, 0.1) is 30.3 Å². The van der Waals surface area contributed by atoms with Crippen LogP contribution in [0.3, 0.4) is 0 Å². The van der Waals surface area contributed by atoms with Gasteiger partial charge in [-0.25, -0.2) is 4.68 Å². The van der Waals surface area contributed by atoms with Crippen molar-refractivity contribution in [2.75, 3.05) is 20.2 Å². The molecule has 0 radical (unpaired) electrons. The Morgan fingerprint density at radius 3 is 2.52 bits per heavy atom. The molecule has 4 rings (SSSR count). The van der Waals surface area contributed by atoms with Crippen molar-refractivity contribution in [1.29, 1.82) is 0 Å². The van der Waals surface area contributed by atoms with Crippen molar-refractivity contribution in [1.82, 2.24) is 20.0 Å². The van der Waals surface area contributed by atoms with Gasteiger partial charge in [0.15, 0.2) is 0 Å². The molecule has 0 aliphatic carbocycles.